The van der Waals surface area contributed by atoms with Crippen LogP contribution in [0.25, 0.3) is 0 Å². The van der Waals surface area contributed by atoms with Gasteiger partial charge in [0.2, 0.25) is 0 Å². The van der Waals surface area contributed by atoms with Crippen molar-refractivity contribution in [2.24, 2.45) is 0 Å². The van der Waals surface area contributed by atoms with E-state index in [1.807, 2.05) is 6.92 Å². The third kappa shape index (κ3) is 2.64. The molecule has 0 spiro atoms. The number of rotatable bonds is 2. The zero-order valence-corrected chi connectivity index (χ0v) is 11.0. The van der Waals surface area contributed by atoms with Crippen molar-refractivity contribution in [3.63, 3.8) is 0 Å². The van der Waals surface area contributed by atoms with Crippen molar-refractivity contribution in [1.82, 2.24) is 15.4 Å². The first-order valence-electron chi connectivity index (χ1n) is 6.21. The molecule has 3 heterocycles. The summed E-state index contributed by atoms with van der Waals surface area (Å²) in [6.45, 7) is 5.19. The number of aromatic nitrogens is 1. The average molecular weight is 258 g/mol. The molecule has 0 amide bonds. The first-order valence-corrected chi connectivity index (χ1v) is 6.21. The summed E-state index contributed by atoms with van der Waals surface area (Å²) in [4.78, 5) is 2.60. The van der Waals surface area contributed by atoms with E-state index < -0.39 is 0 Å². The van der Waals surface area contributed by atoms with Gasteiger partial charge in [0.25, 0.3) is 0 Å². The van der Waals surface area contributed by atoms with Gasteiger partial charge in [0, 0.05) is 24.7 Å². The Morgan fingerprint density at radius 3 is 3.00 bits per heavy atom. The monoisotopic (exact) mass is 257 g/mol. The van der Waals surface area contributed by atoms with Crippen molar-refractivity contribution in [2.45, 2.75) is 44.8 Å². The molecule has 2 atom stereocenters. The van der Waals surface area contributed by atoms with Crippen LogP contribution < -0.4 is 5.32 Å². The van der Waals surface area contributed by atoms with Crippen LogP contribution in [0.5, 0.6) is 0 Å². The van der Waals surface area contributed by atoms with Gasteiger partial charge in [-0.25, -0.2) is 0 Å². The highest BCUT2D eigenvalue weighted by Gasteiger charge is 2.35. The minimum Gasteiger partial charge on any atom is -0.360 e. The summed E-state index contributed by atoms with van der Waals surface area (Å²) in [7, 11) is 0. The Morgan fingerprint density at radius 1 is 1.41 bits per heavy atom. The van der Waals surface area contributed by atoms with E-state index >= 15 is 0 Å². The van der Waals surface area contributed by atoms with E-state index in [2.05, 4.69) is 21.4 Å². The standard InChI is InChI=1S/C12H19N3O.ClH/c1-9-6-12(16-14-9)8-15-10-2-3-11(15)7-13-5-4-10;/h6,10-11,13H,2-5,7-8H2,1H3;1H. The first-order chi connectivity index (χ1) is 7.83. The molecule has 4 nitrogen and oxygen atoms in total. The topological polar surface area (TPSA) is 41.3 Å². The van der Waals surface area contributed by atoms with Crippen LogP contribution in [-0.4, -0.2) is 35.2 Å². The summed E-state index contributed by atoms with van der Waals surface area (Å²) in [5.74, 6) is 1.01. The van der Waals surface area contributed by atoms with Gasteiger partial charge in [0.15, 0.2) is 5.76 Å². The third-order valence-corrected chi connectivity index (χ3v) is 3.82. The molecule has 2 fully saturated rings. The van der Waals surface area contributed by atoms with E-state index in [1.165, 1.54) is 19.3 Å². The van der Waals surface area contributed by atoms with E-state index in [-0.39, 0.29) is 12.4 Å². The molecule has 2 aliphatic heterocycles. The summed E-state index contributed by atoms with van der Waals surface area (Å²) in [5, 5.41) is 7.47. The maximum atomic E-state index is 5.32. The second kappa shape index (κ2) is 5.38. The Bertz CT molecular complexity index is 354. The van der Waals surface area contributed by atoms with Crippen LogP contribution in [0.4, 0.5) is 0 Å². The Morgan fingerprint density at radius 2 is 2.24 bits per heavy atom. The SMILES string of the molecule is Cc1cc(CN2C3CCNCC2CC3)on1.Cl. The molecule has 2 aliphatic rings. The zero-order valence-electron chi connectivity index (χ0n) is 10.2. The van der Waals surface area contributed by atoms with Crippen molar-refractivity contribution in [2.75, 3.05) is 13.1 Å². The number of hydrogen-bond acceptors (Lipinski definition) is 4. The fourth-order valence-electron chi connectivity index (χ4n) is 3.01. The van der Waals surface area contributed by atoms with Gasteiger partial charge in [0.05, 0.1) is 12.2 Å². The van der Waals surface area contributed by atoms with E-state index in [0.717, 1.165) is 37.1 Å². The van der Waals surface area contributed by atoms with Crippen LogP contribution in [0.2, 0.25) is 0 Å². The fourth-order valence-corrected chi connectivity index (χ4v) is 3.01. The molecule has 0 saturated carbocycles. The number of fused-ring (bicyclic) bond motifs is 2. The first kappa shape index (κ1) is 12.9. The van der Waals surface area contributed by atoms with Gasteiger partial charge in [0.1, 0.15) is 0 Å². The largest absolute Gasteiger partial charge is 0.360 e. The smallest absolute Gasteiger partial charge is 0.150 e. The highest BCUT2D eigenvalue weighted by Crippen LogP contribution is 2.29. The summed E-state index contributed by atoms with van der Waals surface area (Å²) < 4.78 is 5.32. The van der Waals surface area contributed by atoms with E-state index in [4.69, 9.17) is 4.52 Å². The molecule has 96 valence electrons. The van der Waals surface area contributed by atoms with Gasteiger partial charge in [-0.05, 0) is 32.7 Å². The molecular weight excluding hydrogens is 238 g/mol. The Hall–Kier alpha value is -0.580. The molecule has 5 heteroatoms. The van der Waals surface area contributed by atoms with Gasteiger partial charge >= 0.3 is 0 Å². The molecule has 3 rings (SSSR count). The third-order valence-electron chi connectivity index (χ3n) is 3.82. The molecule has 2 unspecified atom stereocenters. The van der Waals surface area contributed by atoms with Crippen LogP contribution in [0.3, 0.4) is 0 Å². The molecule has 1 aromatic rings. The number of halogens is 1. The molecule has 0 aliphatic carbocycles. The molecule has 2 saturated heterocycles. The molecule has 1 aromatic heterocycles. The van der Waals surface area contributed by atoms with E-state index in [9.17, 15) is 0 Å². The highest BCUT2D eigenvalue weighted by atomic mass is 35.5. The van der Waals surface area contributed by atoms with Crippen molar-refractivity contribution in [1.29, 1.82) is 0 Å². The lowest BCUT2D eigenvalue weighted by Gasteiger charge is -2.25. The van der Waals surface area contributed by atoms with Crippen LogP contribution in [0, 0.1) is 6.92 Å². The van der Waals surface area contributed by atoms with Crippen LogP contribution >= 0.6 is 12.4 Å². The molecule has 17 heavy (non-hydrogen) atoms. The maximum Gasteiger partial charge on any atom is 0.150 e. The normalized spacial score (nSPS) is 28.8. The number of hydrogen-bond donors (Lipinski definition) is 1. The van der Waals surface area contributed by atoms with Crippen LogP contribution in [0.15, 0.2) is 10.6 Å². The number of nitrogens with one attached hydrogen (secondary N) is 1. The van der Waals surface area contributed by atoms with Crippen LogP contribution in [-0.2, 0) is 6.54 Å². The second-order valence-corrected chi connectivity index (χ2v) is 4.98. The zero-order chi connectivity index (χ0) is 11.0. The Balaban J connectivity index is 0.00000108. The van der Waals surface area contributed by atoms with Crippen molar-refractivity contribution < 1.29 is 4.52 Å². The van der Waals surface area contributed by atoms with E-state index in [0.29, 0.717) is 6.04 Å². The molecular formula is C12H20ClN3O. The fraction of sp³-hybridized carbons (Fsp3) is 0.750. The maximum absolute atomic E-state index is 5.32. The summed E-state index contributed by atoms with van der Waals surface area (Å²) in [6.07, 6.45) is 3.94. The Labute approximate surface area is 108 Å². The van der Waals surface area contributed by atoms with Gasteiger partial charge in [-0.1, -0.05) is 5.16 Å². The predicted octanol–water partition coefficient (Wildman–Crippen LogP) is 1.73. The summed E-state index contributed by atoms with van der Waals surface area (Å²) in [6, 6.07) is 3.49. The number of aryl methyl sites for hydroxylation is 1. The molecule has 1 N–H and O–H groups in total. The summed E-state index contributed by atoms with van der Waals surface area (Å²) >= 11 is 0. The lowest BCUT2D eigenvalue weighted by atomic mass is 10.1. The van der Waals surface area contributed by atoms with Gasteiger partial charge in [-0.2, -0.15) is 0 Å². The lowest BCUT2D eigenvalue weighted by molar-refractivity contribution is 0.172. The van der Waals surface area contributed by atoms with Gasteiger partial charge < -0.3 is 9.84 Å². The minimum atomic E-state index is 0. The molecule has 0 aromatic carbocycles. The second-order valence-electron chi connectivity index (χ2n) is 4.98. The van der Waals surface area contributed by atoms with Crippen molar-refractivity contribution in [3.8, 4) is 0 Å². The quantitative estimate of drug-likeness (QED) is 0.876. The average Bonchev–Trinajstić information content (AvgIpc) is 2.72. The summed E-state index contributed by atoms with van der Waals surface area (Å²) in [5.41, 5.74) is 0.982. The van der Waals surface area contributed by atoms with Crippen molar-refractivity contribution in [3.05, 3.63) is 17.5 Å². The Kier molecular flexibility index (Phi) is 4.07. The molecule has 2 bridgehead atoms. The lowest BCUT2D eigenvalue weighted by Crippen LogP contribution is -2.37. The van der Waals surface area contributed by atoms with Crippen LogP contribution in [0.1, 0.15) is 30.7 Å². The minimum absolute atomic E-state index is 0. The number of nitrogens with zero attached hydrogens (tertiary/aromatic N) is 2. The van der Waals surface area contributed by atoms with E-state index in [1.54, 1.807) is 0 Å². The van der Waals surface area contributed by atoms with Gasteiger partial charge in [-0.15, -0.1) is 12.4 Å². The van der Waals surface area contributed by atoms with Gasteiger partial charge in [-0.3, -0.25) is 4.90 Å². The molecule has 0 radical (unpaired) electrons. The highest BCUT2D eigenvalue weighted by molar-refractivity contribution is 5.85. The predicted molar refractivity (Wildman–Crippen MR) is 68.3 cm³/mol. The van der Waals surface area contributed by atoms with Crippen molar-refractivity contribution >= 4 is 12.4 Å².